The van der Waals surface area contributed by atoms with Crippen molar-refractivity contribution in [1.82, 2.24) is 5.32 Å². The van der Waals surface area contributed by atoms with E-state index >= 15 is 0 Å². The van der Waals surface area contributed by atoms with Crippen LogP contribution in [0.1, 0.15) is 39.5 Å². The van der Waals surface area contributed by atoms with Crippen molar-refractivity contribution in [3.05, 3.63) is 0 Å². The highest BCUT2D eigenvalue weighted by atomic mass is 16.2. The summed E-state index contributed by atoms with van der Waals surface area (Å²) in [5.41, 5.74) is 0.0518. The number of hydrogen-bond donors (Lipinski definition) is 2. The number of hydrogen-bond acceptors (Lipinski definition) is 5. The van der Waals surface area contributed by atoms with Gasteiger partial charge in [0.05, 0.1) is 0 Å². The number of amides is 2. The molecule has 2 rings (SSSR count). The first-order valence-electron chi connectivity index (χ1n) is 7.27. The maximum absolute atomic E-state index is 12.2. The van der Waals surface area contributed by atoms with Crippen molar-refractivity contribution in [1.29, 1.82) is 5.41 Å². The molecule has 0 aromatic rings. The van der Waals surface area contributed by atoms with Crippen LogP contribution in [0.15, 0.2) is 0 Å². The molecule has 1 aliphatic heterocycles. The first kappa shape index (κ1) is 15.5. The Morgan fingerprint density at radius 3 is 2.00 bits per heavy atom. The number of Topliss-reactive ketones (excluding diaryl/α,β-unsaturated/α-hetero) is 2. The highest BCUT2D eigenvalue weighted by Crippen LogP contribution is 2.30. The molecule has 2 aliphatic rings. The second kappa shape index (κ2) is 5.87. The van der Waals surface area contributed by atoms with Gasteiger partial charge in [-0.25, -0.2) is 0 Å². The van der Waals surface area contributed by atoms with Gasteiger partial charge in [-0.2, -0.15) is 0 Å². The fourth-order valence-electron chi connectivity index (χ4n) is 3.24. The van der Waals surface area contributed by atoms with Crippen LogP contribution in [0.5, 0.6) is 0 Å². The molecule has 2 atom stereocenters. The largest absolute Gasteiger partial charge is 0.308 e. The van der Waals surface area contributed by atoms with Gasteiger partial charge in [0.2, 0.25) is 11.8 Å². The Bertz CT molecular complexity index is 490. The standard InChI is InChI=1S/C15H20N2O4/c1-7-3-8(2)15(21)13(14(7)20)10(16)4-9-5-11(18)17-12(19)6-9/h7-9,13,16H,3-6H2,1-2H3,(H,17,18,19)/t7-,8-/m0/s1. The maximum Gasteiger partial charge on any atom is 0.226 e. The molecule has 2 amide bonds. The number of nitrogens with one attached hydrogen (secondary N) is 2. The number of ketones is 2. The highest BCUT2D eigenvalue weighted by molar-refractivity contribution is 6.22. The zero-order valence-electron chi connectivity index (χ0n) is 12.3. The quantitative estimate of drug-likeness (QED) is 0.457. The molecular weight excluding hydrogens is 272 g/mol. The molecule has 6 heteroatoms. The van der Waals surface area contributed by atoms with E-state index in [0.717, 1.165) is 0 Å². The van der Waals surface area contributed by atoms with Gasteiger partial charge in [0.15, 0.2) is 11.6 Å². The first-order valence-corrected chi connectivity index (χ1v) is 7.27. The minimum atomic E-state index is -0.983. The van der Waals surface area contributed by atoms with Gasteiger partial charge >= 0.3 is 0 Å². The van der Waals surface area contributed by atoms with Crippen molar-refractivity contribution in [2.75, 3.05) is 0 Å². The van der Waals surface area contributed by atoms with Crippen molar-refractivity contribution in [3.8, 4) is 0 Å². The lowest BCUT2D eigenvalue weighted by atomic mass is 9.71. The van der Waals surface area contributed by atoms with Gasteiger partial charge in [0, 0.05) is 30.4 Å². The number of carbonyl (C=O) groups is 4. The van der Waals surface area contributed by atoms with E-state index in [1.54, 1.807) is 13.8 Å². The molecule has 0 bridgehead atoms. The third kappa shape index (κ3) is 3.25. The predicted octanol–water partition coefficient (Wildman–Crippen LogP) is 0.879. The molecule has 2 N–H and O–H groups in total. The summed E-state index contributed by atoms with van der Waals surface area (Å²) in [7, 11) is 0. The van der Waals surface area contributed by atoms with Crippen molar-refractivity contribution in [3.63, 3.8) is 0 Å². The van der Waals surface area contributed by atoms with Crippen LogP contribution < -0.4 is 5.32 Å². The number of imide groups is 1. The van der Waals surface area contributed by atoms with E-state index in [4.69, 9.17) is 5.41 Å². The zero-order valence-corrected chi connectivity index (χ0v) is 12.3. The van der Waals surface area contributed by atoms with Gasteiger partial charge in [-0.05, 0) is 18.8 Å². The molecule has 2 fully saturated rings. The molecule has 1 saturated carbocycles. The summed E-state index contributed by atoms with van der Waals surface area (Å²) in [5, 5.41) is 10.3. The van der Waals surface area contributed by atoms with Gasteiger partial charge < -0.3 is 5.41 Å². The minimum absolute atomic E-state index is 0.0518. The Morgan fingerprint density at radius 2 is 1.52 bits per heavy atom. The van der Waals surface area contributed by atoms with E-state index in [9.17, 15) is 19.2 Å². The SMILES string of the molecule is C[C@H]1C[C@H](C)C(=O)C(C(=N)CC2CC(=O)NC(=O)C2)C1=O. The first-order chi connectivity index (χ1) is 9.79. The molecule has 1 saturated heterocycles. The van der Waals surface area contributed by atoms with Crippen molar-refractivity contribution >= 4 is 29.1 Å². The molecule has 1 aliphatic carbocycles. The van der Waals surface area contributed by atoms with Gasteiger partial charge in [-0.3, -0.25) is 24.5 Å². The Hall–Kier alpha value is -1.85. The Balaban J connectivity index is 2.08. The third-order valence-electron chi connectivity index (χ3n) is 4.33. The molecule has 6 nitrogen and oxygen atoms in total. The summed E-state index contributed by atoms with van der Waals surface area (Å²) in [5.74, 6) is -2.82. The molecule has 1 heterocycles. The molecule has 114 valence electrons. The lowest BCUT2D eigenvalue weighted by Gasteiger charge is -2.30. The van der Waals surface area contributed by atoms with E-state index in [2.05, 4.69) is 5.32 Å². The predicted molar refractivity (Wildman–Crippen MR) is 74.7 cm³/mol. The third-order valence-corrected chi connectivity index (χ3v) is 4.33. The minimum Gasteiger partial charge on any atom is -0.308 e. The second-order valence-corrected chi connectivity index (χ2v) is 6.25. The Labute approximate surface area is 123 Å². The van der Waals surface area contributed by atoms with Crippen LogP contribution in [0.3, 0.4) is 0 Å². The van der Waals surface area contributed by atoms with Crippen LogP contribution in [0, 0.1) is 29.1 Å². The molecule has 0 aromatic carbocycles. The molecule has 21 heavy (non-hydrogen) atoms. The van der Waals surface area contributed by atoms with Crippen LogP contribution in [0.2, 0.25) is 0 Å². The summed E-state index contributed by atoms with van der Waals surface area (Å²) in [4.78, 5) is 47.0. The Morgan fingerprint density at radius 1 is 1.05 bits per heavy atom. The van der Waals surface area contributed by atoms with Crippen molar-refractivity contribution in [2.24, 2.45) is 23.7 Å². The summed E-state index contributed by atoms with van der Waals surface area (Å²) in [6.07, 6.45) is 1.01. The summed E-state index contributed by atoms with van der Waals surface area (Å²) in [6, 6.07) is 0. The Kier molecular flexibility index (Phi) is 4.34. The summed E-state index contributed by atoms with van der Waals surface area (Å²) >= 11 is 0. The van der Waals surface area contributed by atoms with Crippen molar-refractivity contribution < 1.29 is 19.2 Å². The zero-order chi connectivity index (χ0) is 15.7. The number of rotatable bonds is 3. The summed E-state index contributed by atoms with van der Waals surface area (Å²) < 4.78 is 0. The second-order valence-electron chi connectivity index (χ2n) is 6.25. The number of piperidine rings is 1. The molecular formula is C15H20N2O4. The van der Waals surface area contributed by atoms with Gasteiger partial charge in [-0.1, -0.05) is 13.8 Å². The number of carbonyl (C=O) groups excluding carboxylic acids is 4. The topological polar surface area (TPSA) is 104 Å². The lowest BCUT2D eigenvalue weighted by molar-refractivity contribution is -0.138. The van der Waals surface area contributed by atoms with Crippen LogP contribution in [-0.2, 0) is 19.2 Å². The average Bonchev–Trinajstić information content (AvgIpc) is 2.35. The molecule has 0 unspecified atom stereocenters. The van der Waals surface area contributed by atoms with Gasteiger partial charge in [-0.15, -0.1) is 0 Å². The molecule has 0 radical (unpaired) electrons. The van der Waals surface area contributed by atoms with Crippen LogP contribution in [0.25, 0.3) is 0 Å². The van der Waals surface area contributed by atoms with Crippen molar-refractivity contribution in [2.45, 2.75) is 39.5 Å². The van der Waals surface area contributed by atoms with E-state index in [1.807, 2.05) is 0 Å². The normalized spacial score (nSPS) is 31.2. The molecule has 0 aromatic heterocycles. The highest BCUT2D eigenvalue weighted by Gasteiger charge is 2.42. The van der Waals surface area contributed by atoms with E-state index < -0.39 is 5.92 Å². The smallest absolute Gasteiger partial charge is 0.226 e. The van der Waals surface area contributed by atoms with Gasteiger partial charge in [0.1, 0.15) is 5.92 Å². The van der Waals surface area contributed by atoms with E-state index in [-0.39, 0.29) is 66.1 Å². The van der Waals surface area contributed by atoms with E-state index in [0.29, 0.717) is 6.42 Å². The van der Waals surface area contributed by atoms with E-state index in [1.165, 1.54) is 0 Å². The monoisotopic (exact) mass is 292 g/mol. The summed E-state index contributed by atoms with van der Waals surface area (Å²) in [6.45, 7) is 3.56. The lowest BCUT2D eigenvalue weighted by Crippen LogP contribution is -2.45. The fourth-order valence-corrected chi connectivity index (χ4v) is 3.24. The van der Waals surface area contributed by atoms with Crippen LogP contribution in [-0.4, -0.2) is 29.1 Å². The van der Waals surface area contributed by atoms with Crippen LogP contribution >= 0.6 is 0 Å². The fraction of sp³-hybridized carbons (Fsp3) is 0.667. The van der Waals surface area contributed by atoms with Gasteiger partial charge in [0.25, 0.3) is 0 Å². The maximum atomic E-state index is 12.2. The van der Waals surface area contributed by atoms with Crippen LogP contribution in [0.4, 0.5) is 0 Å². The molecule has 0 spiro atoms. The average molecular weight is 292 g/mol.